The van der Waals surface area contributed by atoms with Crippen LogP contribution in [-0.2, 0) is 16.1 Å². The number of nitrogens with one attached hydrogen (secondary N) is 1. The maximum absolute atomic E-state index is 12.6. The van der Waals surface area contributed by atoms with Crippen LogP contribution in [-0.4, -0.2) is 59.6 Å². The van der Waals surface area contributed by atoms with E-state index in [1.807, 2.05) is 57.0 Å². The molecule has 1 N–H and O–H groups in total. The lowest BCUT2D eigenvalue weighted by Gasteiger charge is -2.37. The number of ether oxygens (including phenoxy) is 1. The number of nitrogens with zero attached hydrogens (tertiary/aromatic N) is 2. The summed E-state index contributed by atoms with van der Waals surface area (Å²) in [6.45, 7) is 13.1. The van der Waals surface area contributed by atoms with Gasteiger partial charge in [0.15, 0.2) is 0 Å². The second-order valence-electron chi connectivity index (χ2n) is 8.83. The third-order valence-electron chi connectivity index (χ3n) is 4.72. The van der Waals surface area contributed by atoms with E-state index in [0.29, 0.717) is 25.6 Å². The molecule has 0 aliphatic carbocycles. The van der Waals surface area contributed by atoms with Crippen LogP contribution in [0.1, 0.15) is 52.3 Å². The number of hydrogen-bond donors (Lipinski definition) is 1. The quantitative estimate of drug-likeness (QED) is 0.745. The Balaban J connectivity index is 1.83. The molecule has 7 heteroatoms. The highest BCUT2D eigenvalue weighted by Crippen LogP contribution is 2.20. The first kappa shape index (κ1) is 22.7. The number of hydrogen-bond acceptors (Lipinski definition) is 5. The molecule has 0 unspecified atom stereocenters. The first-order valence-electron chi connectivity index (χ1n) is 10.1. The van der Waals surface area contributed by atoms with E-state index < -0.39 is 5.60 Å². The molecule has 1 saturated heterocycles. The molecule has 0 aromatic carbocycles. The van der Waals surface area contributed by atoms with Crippen molar-refractivity contribution in [2.75, 3.05) is 26.2 Å². The molecule has 0 saturated carbocycles. The fraction of sp³-hybridized carbons (Fsp3) is 0.714. The molecule has 2 heterocycles. The molecule has 1 fully saturated rings. The molecule has 6 nitrogen and oxygen atoms in total. The van der Waals surface area contributed by atoms with Gasteiger partial charge in [-0.1, -0.05) is 6.07 Å². The molecule has 2 rings (SSSR count). The molecule has 0 radical (unpaired) electrons. The van der Waals surface area contributed by atoms with Gasteiger partial charge in [-0.2, -0.15) is 0 Å². The summed E-state index contributed by atoms with van der Waals surface area (Å²) < 4.78 is 5.57. The molecule has 1 aromatic heterocycles. The molecular weight excluding hydrogens is 374 g/mol. The fourth-order valence-electron chi connectivity index (χ4n) is 3.40. The Morgan fingerprint density at radius 3 is 2.75 bits per heavy atom. The predicted molar refractivity (Wildman–Crippen MR) is 113 cm³/mol. The van der Waals surface area contributed by atoms with Crippen molar-refractivity contribution in [1.82, 2.24) is 15.1 Å². The smallest absolute Gasteiger partial charge is 0.410 e. The molecule has 1 atom stereocenters. The molecule has 0 bridgehead atoms. The standard InChI is InChI=1S/C21H35N3O3S/c1-16(2)24(20(26)27-21(3,4)5)14-17-8-6-10-23(13-17)15-19(25)22-12-18-9-7-11-28-18/h7,9,11,16-17H,6,8,10,12-15H2,1-5H3,(H,22,25)/t17-/m1/s1. The van der Waals surface area contributed by atoms with Crippen molar-refractivity contribution in [2.45, 2.75) is 65.6 Å². The van der Waals surface area contributed by atoms with E-state index in [2.05, 4.69) is 10.2 Å². The van der Waals surface area contributed by atoms with Crippen LogP contribution in [0.25, 0.3) is 0 Å². The minimum atomic E-state index is -0.497. The Labute approximate surface area is 173 Å². The Morgan fingerprint density at radius 2 is 2.14 bits per heavy atom. The van der Waals surface area contributed by atoms with Crippen molar-refractivity contribution in [3.8, 4) is 0 Å². The number of amides is 2. The topological polar surface area (TPSA) is 61.9 Å². The van der Waals surface area contributed by atoms with Crippen molar-refractivity contribution in [3.63, 3.8) is 0 Å². The van der Waals surface area contributed by atoms with Gasteiger partial charge in [0.05, 0.1) is 13.1 Å². The van der Waals surface area contributed by atoms with Gasteiger partial charge in [-0.05, 0) is 71.4 Å². The maximum atomic E-state index is 12.6. The van der Waals surface area contributed by atoms with E-state index in [9.17, 15) is 9.59 Å². The van der Waals surface area contributed by atoms with Gasteiger partial charge in [-0.3, -0.25) is 9.69 Å². The summed E-state index contributed by atoms with van der Waals surface area (Å²) in [5.41, 5.74) is -0.497. The number of carbonyl (C=O) groups excluding carboxylic acids is 2. The lowest BCUT2D eigenvalue weighted by molar-refractivity contribution is -0.122. The highest BCUT2D eigenvalue weighted by molar-refractivity contribution is 7.09. The van der Waals surface area contributed by atoms with Gasteiger partial charge < -0.3 is 15.0 Å². The van der Waals surface area contributed by atoms with Crippen LogP contribution in [0.15, 0.2) is 17.5 Å². The SMILES string of the molecule is CC(C)N(C[C@@H]1CCCN(CC(=O)NCc2cccs2)C1)C(=O)OC(C)(C)C. The molecule has 1 aliphatic heterocycles. The van der Waals surface area contributed by atoms with Crippen molar-refractivity contribution in [2.24, 2.45) is 5.92 Å². The summed E-state index contributed by atoms with van der Waals surface area (Å²) >= 11 is 1.65. The number of piperidine rings is 1. The predicted octanol–water partition coefficient (Wildman–Crippen LogP) is 3.72. The average molecular weight is 410 g/mol. The second-order valence-corrected chi connectivity index (χ2v) is 9.86. The Hall–Kier alpha value is -1.60. The number of thiophene rings is 1. The van der Waals surface area contributed by atoms with Gasteiger partial charge in [-0.25, -0.2) is 4.79 Å². The van der Waals surface area contributed by atoms with Gasteiger partial charge in [0, 0.05) is 24.0 Å². The first-order valence-corrected chi connectivity index (χ1v) is 11.0. The average Bonchev–Trinajstić information content (AvgIpc) is 3.10. The van der Waals surface area contributed by atoms with Crippen LogP contribution in [0, 0.1) is 5.92 Å². The Kier molecular flexibility index (Phi) is 8.31. The van der Waals surface area contributed by atoms with Crippen molar-refractivity contribution in [1.29, 1.82) is 0 Å². The number of rotatable bonds is 7. The lowest BCUT2D eigenvalue weighted by Crippen LogP contribution is -2.48. The van der Waals surface area contributed by atoms with E-state index in [4.69, 9.17) is 4.74 Å². The van der Waals surface area contributed by atoms with E-state index >= 15 is 0 Å². The van der Waals surface area contributed by atoms with Gasteiger partial charge in [0.2, 0.25) is 5.91 Å². The summed E-state index contributed by atoms with van der Waals surface area (Å²) in [7, 11) is 0. The van der Waals surface area contributed by atoms with Gasteiger partial charge in [0.1, 0.15) is 5.60 Å². The third kappa shape index (κ3) is 7.80. The lowest BCUT2D eigenvalue weighted by atomic mass is 9.97. The third-order valence-corrected chi connectivity index (χ3v) is 5.59. The zero-order chi connectivity index (χ0) is 20.7. The Bertz CT molecular complexity index is 625. The normalized spacial score (nSPS) is 18.1. The van der Waals surface area contributed by atoms with Crippen LogP contribution in [0.3, 0.4) is 0 Å². The van der Waals surface area contributed by atoms with Crippen LogP contribution in [0.4, 0.5) is 4.79 Å². The summed E-state index contributed by atoms with van der Waals surface area (Å²) in [5.74, 6) is 0.413. The fourth-order valence-corrected chi connectivity index (χ4v) is 4.04. The molecule has 158 valence electrons. The highest BCUT2D eigenvalue weighted by Gasteiger charge is 2.29. The molecule has 1 aliphatic rings. The zero-order valence-corrected chi connectivity index (χ0v) is 18.7. The molecule has 2 amide bonds. The molecule has 0 spiro atoms. The van der Waals surface area contributed by atoms with Crippen LogP contribution in [0.2, 0.25) is 0 Å². The number of likely N-dealkylation sites (tertiary alicyclic amines) is 1. The van der Waals surface area contributed by atoms with Gasteiger partial charge in [0.25, 0.3) is 0 Å². The number of carbonyl (C=O) groups is 2. The van der Waals surface area contributed by atoms with Gasteiger partial charge in [-0.15, -0.1) is 11.3 Å². The van der Waals surface area contributed by atoms with E-state index in [1.54, 1.807) is 11.3 Å². The molecule has 1 aromatic rings. The summed E-state index contributed by atoms with van der Waals surface area (Å²) in [6, 6.07) is 4.10. The second kappa shape index (κ2) is 10.3. The molecule has 28 heavy (non-hydrogen) atoms. The maximum Gasteiger partial charge on any atom is 0.410 e. The van der Waals surface area contributed by atoms with Crippen LogP contribution in [0.5, 0.6) is 0 Å². The minimum Gasteiger partial charge on any atom is -0.444 e. The van der Waals surface area contributed by atoms with Crippen LogP contribution < -0.4 is 5.32 Å². The monoisotopic (exact) mass is 409 g/mol. The Morgan fingerprint density at radius 1 is 1.39 bits per heavy atom. The van der Waals surface area contributed by atoms with E-state index in [1.165, 1.54) is 0 Å². The first-order chi connectivity index (χ1) is 13.1. The summed E-state index contributed by atoms with van der Waals surface area (Å²) in [5, 5.41) is 5.01. The van der Waals surface area contributed by atoms with Crippen molar-refractivity contribution >= 4 is 23.3 Å². The minimum absolute atomic E-state index is 0.0573. The summed E-state index contributed by atoms with van der Waals surface area (Å²) in [4.78, 5) is 30.0. The van der Waals surface area contributed by atoms with E-state index in [0.717, 1.165) is 30.8 Å². The highest BCUT2D eigenvalue weighted by atomic mass is 32.1. The van der Waals surface area contributed by atoms with E-state index in [-0.39, 0.29) is 18.0 Å². The molecular formula is C21H35N3O3S. The summed E-state index contributed by atoms with van der Waals surface area (Å²) in [6.07, 6.45) is 1.86. The zero-order valence-electron chi connectivity index (χ0n) is 17.9. The van der Waals surface area contributed by atoms with Crippen molar-refractivity contribution < 1.29 is 14.3 Å². The van der Waals surface area contributed by atoms with Crippen LogP contribution >= 0.6 is 11.3 Å². The van der Waals surface area contributed by atoms with Gasteiger partial charge >= 0.3 is 6.09 Å². The largest absolute Gasteiger partial charge is 0.444 e. The van der Waals surface area contributed by atoms with Crippen molar-refractivity contribution in [3.05, 3.63) is 22.4 Å².